The molecule has 18 heavy (non-hydrogen) atoms. The molecule has 0 aliphatic carbocycles. The highest BCUT2D eigenvalue weighted by Crippen LogP contribution is 2.10. The number of halogens is 2. The van der Waals surface area contributed by atoms with Gasteiger partial charge in [-0.15, -0.1) is 0 Å². The average Bonchev–Trinajstić information content (AvgIpc) is 2.70. The molecule has 1 atom stereocenters. The Kier molecular flexibility index (Phi) is 3.72. The van der Waals surface area contributed by atoms with E-state index in [4.69, 9.17) is 5.73 Å². The summed E-state index contributed by atoms with van der Waals surface area (Å²) >= 11 is 0. The highest BCUT2D eigenvalue weighted by molar-refractivity contribution is 5.18. The topological polar surface area (TPSA) is 43.8 Å². The van der Waals surface area contributed by atoms with E-state index in [0.717, 1.165) is 11.8 Å². The van der Waals surface area contributed by atoms with Crippen LogP contribution in [0.1, 0.15) is 18.2 Å². The number of hydrogen-bond acceptors (Lipinski definition) is 2. The summed E-state index contributed by atoms with van der Waals surface area (Å²) in [5.41, 5.74) is 7.27. The highest BCUT2D eigenvalue weighted by Gasteiger charge is 2.05. The lowest BCUT2D eigenvalue weighted by Gasteiger charge is -2.03. The molecule has 1 aromatic heterocycles. The van der Waals surface area contributed by atoms with E-state index in [2.05, 4.69) is 4.98 Å². The largest absolute Gasteiger partial charge is 0.333 e. The predicted octanol–water partition coefficient (Wildman–Crippen LogP) is 2.10. The van der Waals surface area contributed by atoms with Crippen LogP contribution in [0.4, 0.5) is 8.78 Å². The van der Waals surface area contributed by atoms with Gasteiger partial charge in [-0.3, -0.25) is 0 Å². The molecule has 96 valence electrons. The summed E-state index contributed by atoms with van der Waals surface area (Å²) in [6, 6.07) is 3.94. The molecule has 0 fully saturated rings. The number of hydrogen-bond donors (Lipinski definition) is 1. The van der Waals surface area contributed by atoms with Crippen LogP contribution in [0.25, 0.3) is 0 Å². The Morgan fingerprint density at radius 1 is 1.33 bits per heavy atom. The van der Waals surface area contributed by atoms with Crippen molar-refractivity contribution in [2.24, 2.45) is 5.73 Å². The molecule has 1 heterocycles. The third-order valence-corrected chi connectivity index (χ3v) is 2.57. The van der Waals surface area contributed by atoms with Gasteiger partial charge in [0.25, 0.3) is 0 Å². The van der Waals surface area contributed by atoms with Crippen LogP contribution in [0.2, 0.25) is 0 Å². The highest BCUT2D eigenvalue weighted by atomic mass is 19.2. The van der Waals surface area contributed by atoms with Gasteiger partial charge < -0.3 is 10.3 Å². The zero-order valence-electron chi connectivity index (χ0n) is 10.1. The first-order valence-corrected chi connectivity index (χ1v) is 5.75. The minimum absolute atomic E-state index is 0.0524. The molecule has 1 unspecified atom stereocenters. The second-order valence-corrected chi connectivity index (χ2v) is 4.47. The first kappa shape index (κ1) is 12.7. The maximum atomic E-state index is 13.0. The standard InChI is InChI=1S/C13H15F2N3/c1-9(16)4-11-7-18(8-17-11)6-10-2-3-12(14)13(15)5-10/h2-3,5,7-9H,4,6,16H2,1H3. The van der Waals surface area contributed by atoms with E-state index in [9.17, 15) is 8.78 Å². The molecule has 0 saturated heterocycles. The molecule has 0 aliphatic heterocycles. The van der Waals surface area contributed by atoms with E-state index in [-0.39, 0.29) is 6.04 Å². The first-order chi connectivity index (χ1) is 8.54. The first-order valence-electron chi connectivity index (χ1n) is 5.75. The molecule has 5 heteroatoms. The summed E-state index contributed by atoms with van der Waals surface area (Å²) < 4.78 is 27.6. The van der Waals surface area contributed by atoms with Gasteiger partial charge in [-0.1, -0.05) is 6.07 Å². The molecule has 2 rings (SSSR count). The van der Waals surface area contributed by atoms with Crippen molar-refractivity contribution in [3.63, 3.8) is 0 Å². The second-order valence-electron chi connectivity index (χ2n) is 4.47. The number of aromatic nitrogens is 2. The van der Waals surface area contributed by atoms with Gasteiger partial charge in [0, 0.05) is 25.2 Å². The third-order valence-electron chi connectivity index (χ3n) is 2.57. The smallest absolute Gasteiger partial charge is 0.159 e. The Labute approximate surface area is 104 Å². The number of imidazole rings is 1. The van der Waals surface area contributed by atoms with Gasteiger partial charge in [0.1, 0.15) is 0 Å². The number of rotatable bonds is 4. The lowest BCUT2D eigenvalue weighted by atomic mass is 10.2. The summed E-state index contributed by atoms with van der Waals surface area (Å²) in [6.45, 7) is 2.37. The van der Waals surface area contributed by atoms with Crippen LogP contribution in [0, 0.1) is 11.6 Å². The fourth-order valence-electron chi connectivity index (χ4n) is 1.78. The summed E-state index contributed by atoms with van der Waals surface area (Å²) in [7, 11) is 0. The van der Waals surface area contributed by atoms with Crippen molar-refractivity contribution in [1.82, 2.24) is 9.55 Å². The SMILES string of the molecule is CC(N)Cc1cn(Cc2ccc(F)c(F)c2)cn1. The summed E-state index contributed by atoms with van der Waals surface area (Å²) in [5.74, 6) is -1.66. The van der Waals surface area contributed by atoms with Gasteiger partial charge in [0.2, 0.25) is 0 Å². The maximum Gasteiger partial charge on any atom is 0.159 e. The quantitative estimate of drug-likeness (QED) is 0.904. The minimum Gasteiger partial charge on any atom is -0.333 e. The molecule has 0 spiro atoms. The van der Waals surface area contributed by atoms with Crippen molar-refractivity contribution >= 4 is 0 Å². The Bertz CT molecular complexity index is 535. The van der Waals surface area contributed by atoms with Crippen LogP contribution in [0.3, 0.4) is 0 Å². The Hall–Kier alpha value is -1.75. The van der Waals surface area contributed by atoms with Gasteiger partial charge in [-0.05, 0) is 24.6 Å². The van der Waals surface area contributed by atoms with Gasteiger partial charge in [-0.25, -0.2) is 13.8 Å². The molecule has 2 aromatic rings. The van der Waals surface area contributed by atoms with Crippen LogP contribution in [-0.2, 0) is 13.0 Å². The molecule has 0 aliphatic rings. The molecule has 3 nitrogen and oxygen atoms in total. The fraction of sp³-hybridized carbons (Fsp3) is 0.308. The fourth-order valence-corrected chi connectivity index (χ4v) is 1.78. The van der Waals surface area contributed by atoms with E-state index < -0.39 is 11.6 Å². The van der Waals surface area contributed by atoms with E-state index in [0.29, 0.717) is 18.5 Å². The van der Waals surface area contributed by atoms with Gasteiger partial charge in [-0.2, -0.15) is 0 Å². The Balaban J connectivity index is 2.08. The van der Waals surface area contributed by atoms with E-state index in [1.807, 2.05) is 17.7 Å². The lowest BCUT2D eigenvalue weighted by molar-refractivity contribution is 0.506. The van der Waals surface area contributed by atoms with Crippen molar-refractivity contribution in [3.05, 3.63) is 53.6 Å². The molecule has 2 N–H and O–H groups in total. The molecule has 0 bridgehead atoms. The zero-order chi connectivity index (χ0) is 13.1. The molecular formula is C13H15F2N3. The lowest BCUT2D eigenvalue weighted by Crippen LogP contribution is -2.17. The molecule has 1 aromatic carbocycles. The van der Waals surface area contributed by atoms with Gasteiger partial charge in [0.15, 0.2) is 11.6 Å². The normalized spacial score (nSPS) is 12.7. The van der Waals surface area contributed by atoms with E-state index in [1.54, 1.807) is 12.4 Å². The zero-order valence-corrected chi connectivity index (χ0v) is 10.1. The second kappa shape index (κ2) is 5.27. The molecule has 0 saturated carbocycles. The summed E-state index contributed by atoms with van der Waals surface area (Å²) in [5, 5.41) is 0. The van der Waals surface area contributed by atoms with Gasteiger partial charge >= 0.3 is 0 Å². The van der Waals surface area contributed by atoms with E-state index >= 15 is 0 Å². The number of nitrogens with zero attached hydrogens (tertiary/aromatic N) is 2. The van der Waals surface area contributed by atoms with Crippen LogP contribution in [-0.4, -0.2) is 15.6 Å². The van der Waals surface area contributed by atoms with Crippen molar-refractivity contribution in [3.8, 4) is 0 Å². The van der Waals surface area contributed by atoms with Crippen LogP contribution >= 0.6 is 0 Å². The predicted molar refractivity (Wildman–Crippen MR) is 65.0 cm³/mol. The number of nitrogens with two attached hydrogens (primary N) is 1. The van der Waals surface area contributed by atoms with Crippen molar-refractivity contribution < 1.29 is 8.78 Å². The summed E-state index contributed by atoms with van der Waals surface area (Å²) in [6.07, 6.45) is 4.23. The Morgan fingerprint density at radius 2 is 2.11 bits per heavy atom. The summed E-state index contributed by atoms with van der Waals surface area (Å²) in [4.78, 5) is 4.21. The molecular weight excluding hydrogens is 236 g/mol. The van der Waals surface area contributed by atoms with Gasteiger partial charge in [0.05, 0.1) is 12.0 Å². The van der Waals surface area contributed by atoms with Crippen molar-refractivity contribution in [2.45, 2.75) is 25.9 Å². The Morgan fingerprint density at radius 3 is 2.78 bits per heavy atom. The monoisotopic (exact) mass is 251 g/mol. The van der Waals surface area contributed by atoms with Crippen molar-refractivity contribution in [1.29, 1.82) is 0 Å². The number of benzene rings is 1. The minimum atomic E-state index is -0.831. The van der Waals surface area contributed by atoms with Crippen LogP contribution < -0.4 is 5.73 Å². The van der Waals surface area contributed by atoms with E-state index in [1.165, 1.54) is 6.07 Å². The molecule has 0 amide bonds. The van der Waals surface area contributed by atoms with Crippen LogP contribution in [0.5, 0.6) is 0 Å². The van der Waals surface area contributed by atoms with Crippen molar-refractivity contribution in [2.75, 3.05) is 0 Å². The van der Waals surface area contributed by atoms with Crippen LogP contribution in [0.15, 0.2) is 30.7 Å². The average molecular weight is 251 g/mol. The molecule has 0 radical (unpaired) electrons. The third kappa shape index (κ3) is 3.13. The maximum absolute atomic E-state index is 13.0.